The Morgan fingerprint density at radius 2 is 1.94 bits per heavy atom. The minimum absolute atomic E-state index is 0.566. The number of nitrogens with zero attached hydrogens (tertiary/aromatic N) is 2. The Morgan fingerprint density at radius 1 is 1.17 bits per heavy atom. The molecule has 3 aromatic rings. The third kappa shape index (κ3) is 1.89. The van der Waals surface area contributed by atoms with Gasteiger partial charge in [0.05, 0.1) is 5.52 Å². The lowest BCUT2D eigenvalue weighted by atomic mass is 10.2. The molecule has 0 aliphatic carbocycles. The van der Waals surface area contributed by atoms with E-state index in [-0.39, 0.29) is 0 Å². The summed E-state index contributed by atoms with van der Waals surface area (Å²) in [7, 11) is 0. The molecule has 0 amide bonds. The second-order valence-corrected chi connectivity index (χ2v) is 4.76. The molecule has 3 heteroatoms. The maximum absolute atomic E-state index is 6.21. The summed E-state index contributed by atoms with van der Waals surface area (Å²) in [5.74, 6) is 0. The normalized spacial score (nSPS) is 11.0. The van der Waals surface area contributed by atoms with E-state index in [4.69, 9.17) is 11.6 Å². The largest absolute Gasteiger partial charge is 0.338 e. The molecule has 3 rings (SSSR count). The first-order valence-corrected chi connectivity index (χ1v) is 6.28. The molecule has 0 N–H and O–H groups in total. The molecule has 2 nitrogen and oxygen atoms in total. The van der Waals surface area contributed by atoms with E-state index in [0.717, 1.165) is 17.4 Å². The van der Waals surface area contributed by atoms with Crippen LogP contribution in [0.4, 0.5) is 0 Å². The van der Waals surface area contributed by atoms with Gasteiger partial charge in [0.2, 0.25) is 0 Å². The molecule has 0 radical (unpaired) electrons. The first-order valence-electron chi connectivity index (χ1n) is 5.90. The van der Waals surface area contributed by atoms with Gasteiger partial charge in [-0.25, -0.2) is 4.98 Å². The van der Waals surface area contributed by atoms with Crippen molar-refractivity contribution in [3.05, 3.63) is 65.1 Å². The topological polar surface area (TPSA) is 17.8 Å². The number of benzene rings is 1. The number of halogens is 1. The summed E-state index contributed by atoms with van der Waals surface area (Å²) in [5.41, 5.74) is 3.47. The van der Waals surface area contributed by atoms with Crippen molar-refractivity contribution in [2.45, 2.75) is 13.5 Å². The summed E-state index contributed by atoms with van der Waals surface area (Å²) in [4.78, 5) is 4.17. The highest BCUT2D eigenvalue weighted by Crippen LogP contribution is 2.25. The highest BCUT2D eigenvalue weighted by molar-refractivity contribution is 6.33. The molecule has 90 valence electrons. The SMILES string of the molecule is Cc1cc2ccnc(Cl)c2n1Cc1ccccc1. The van der Waals surface area contributed by atoms with Crippen LogP contribution in [0.15, 0.2) is 48.7 Å². The van der Waals surface area contributed by atoms with Crippen LogP contribution < -0.4 is 0 Å². The Labute approximate surface area is 111 Å². The highest BCUT2D eigenvalue weighted by Gasteiger charge is 2.09. The average Bonchev–Trinajstić information content (AvgIpc) is 2.69. The van der Waals surface area contributed by atoms with Gasteiger partial charge in [-0.1, -0.05) is 41.9 Å². The summed E-state index contributed by atoms with van der Waals surface area (Å²) in [6.07, 6.45) is 1.75. The van der Waals surface area contributed by atoms with Crippen LogP contribution in [0, 0.1) is 6.92 Å². The fourth-order valence-electron chi connectivity index (χ4n) is 2.27. The van der Waals surface area contributed by atoms with Gasteiger partial charge in [0.15, 0.2) is 5.15 Å². The van der Waals surface area contributed by atoms with Crippen molar-refractivity contribution in [2.24, 2.45) is 0 Å². The zero-order valence-corrected chi connectivity index (χ0v) is 10.9. The third-order valence-corrected chi connectivity index (χ3v) is 3.43. The minimum Gasteiger partial charge on any atom is -0.338 e. The van der Waals surface area contributed by atoms with E-state index in [1.54, 1.807) is 6.20 Å². The Morgan fingerprint density at radius 3 is 2.72 bits per heavy atom. The maximum Gasteiger partial charge on any atom is 0.153 e. The van der Waals surface area contributed by atoms with Gasteiger partial charge >= 0.3 is 0 Å². The molecule has 0 aliphatic heterocycles. The van der Waals surface area contributed by atoms with E-state index in [1.807, 2.05) is 12.1 Å². The minimum atomic E-state index is 0.566. The average molecular weight is 257 g/mol. The van der Waals surface area contributed by atoms with Crippen molar-refractivity contribution in [1.82, 2.24) is 9.55 Å². The van der Waals surface area contributed by atoms with E-state index in [1.165, 1.54) is 11.3 Å². The van der Waals surface area contributed by atoms with Crippen molar-refractivity contribution in [3.63, 3.8) is 0 Å². The molecule has 0 unspecified atom stereocenters. The Bertz CT molecular complexity index is 686. The second kappa shape index (κ2) is 4.46. The number of fused-ring (bicyclic) bond motifs is 1. The van der Waals surface area contributed by atoms with Crippen molar-refractivity contribution in [2.75, 3.05) is 0 Å². The summed E-state index contributed by atoms with van der Waals surface area (Å²) in [5, 5.41) is 1.71. The van der Waals surface area contributed by atoms with Crippen LogP contribution >= 0.6 is 11.6 Å². The molecule has 18 heavy (non-hydrogen) atoms. The number of rotatable bonds is 2. The Hall–Kier alpha value is -1.80. The quantitative estimate of drug-likeness (QED) is 0.633. The molecular formula is C15H13ClN2. The van der Waals surface area contributed by atoms with Crippen molar-refractivity contribution in [1.29, 1.82) is 0 Å². The predicted octanol–water partition coefficient (Wildman–Crippen LogP) is 4.05. The standard InChI is InChI=1S/C15H13ClN2/c1-11-9-13-7-8-17-15(16)14(13)18(11)10-12-5-3-2-4-6-12/h2-9H,10H2,1H3. The molecule has 0 saturated heterocycles. The number of aromatic nitrogens is 2. The summed E-state index contributed by atoms with van der Waals surface area (Å²) in [6.45, 7) is 2.92. The van der Waals surface area contributed by atoms with E-state index < -0.39 is 0 Å². The van der Waals surface area contributed by atoms with Crippen molar-refractivity contribution >= 4 is 22.5 Å². The van der Waals surface area contributed by atoms with Crippen molar-refractivity contribution in [3.8, 4) is 0 Å². The molecule has 0 fully saturated rings. The third-order valence-electron chi connectivity index (χ3n) is 3.15. The monoisotopic (exact) mass is 256 g/mol. The van der Waals surface area contributed by atoms with Crippen LogP contribution in [-0.2, 0) is 6.54 Å². The maximum atomic E-state index is 6.21. The number of aryl methyl sites for hydroxylation is 1. The summed E-state index contributed by atoms with van der Waals surface area (Å²) in [6, 6.07) is 14.5. The number of pyridine rings is 1. The predicted molar refractivity (Wildman–Crippen MR) is 75.0 cm³/mol. The molecule has 2 aromatic heterocycles. The molecule has 1 aromatic carbocycles. The second-order valence-electron chi connectivity index (χ2n) is 4.40. The molecule has 0 aliphatic rings. The van der Waals surface area contributed by atoms with E-state index in [2.05, 4.69) is 46.8 Å². The number of hydrogen-bond acceptors (Lipinski definition) is 1. The highest BCUT2D eigenvalue weighted by atomic mass is 35.5. The lowest BCUT2D eigenvalue weighted by Crippen LogP contribution is -2.01. The summed E-state index contributed by atoms with van der Waals surface area (Å²) >= 11 is 6.21. The lowest BCUT2D eigenvalue weighted by molar-refractivity contribution is 0.803. The van der Waals surface area contributed by atoms with Crippen molar-refractivity contribution < 1.29 is 0 Å². The van der Waals surface area contributed by atoms with Gasteiger partial charge in [0.25, 0.3) is 0 Å². The Kier molecular flexibility index (Phi) is 2.80. The fourth-order valence-corrected chi connectivity index (χ4v) is 2.54. The van der Waals surface area contributed by atoms with Crippen LogP contribution in [0.25, 0.3) is 10.9 Å². The van der Waals surface area contributed by atoms with Crippen LogP contribution in [0.1, 0.15) is 11.3 Å². The van der Waals surface area contributed by atoms with Gasteiger partial charge in [-0.3, -0.25) is 0 Å². The van der Waals surface area contributed by atoms with Crippen LogP contribution in [-0.4, -0.2) is 9.55 Å². The van der Waals surface area contributed by atoms with Crippen LogP contribution in [0.2, 0.25) is 5.15 Å². The van der Waals surface area contributed by atoms with Gasteiger partial charge in [0.1, 0.15) is 0 Å². The van der Waals surface area contributed by atoms with E-state index in [9.17, 15) is 0 Å². The smallest absolute Gasteiger partial charge is 0.153 e. The van der Waals surface area contributed by atoms with Gasteiger partial charge < -0.3 is 4.57 Å². The van der Waals surface area contributed by atoms with Crippen LogP contribution in [0.5, 0.6) is 0 Å². The number of hydrogen-bond donors (Lipinski definition) is 0. The molecular weight excluding hydrogens is 244 g/mol. The van der Waals surface area contributed by atoms with Gasteiger partial charge in [-0.15, -0.1) is 0 Å². The molecule has 0 atom stereocenters. The zero-order chi connectivity index (χ0) is 12.5. The molecule has 2 heterocycles. The van der Waals surface area contributed by atoms with Gasteiger partial charge in [0, 0.05) is 23.8 Å². The zero-order valence-electron chi connectivity index (χ0n) is 10.1. The molecule has 0 bridgehead atoms. The Balaban J connectivity index is 2.14. The fraction of sp³-hybridized carbons (Fsp3) is 0.133. The lowest BCUT2D eigenvalue weighted by Gasteiger charge is -2.09. The summed E-state index contributed by atoms with van der Waals surface area (Å²) < 4.78 is 2.21. The molecule has 0 spiro atoms. The van der Waals surface area contributed by atoms with Gasteiger partial charge in [-0.2, -0.15) is 0 Å². The first kappa shape index (κ1) is 11.3. The van der Waals surface area contributed by atoms with E-state index in [0.29, 0.717) is 5.15 Å². The van der Waals surface area contributed by atoms with E-state index >= 15 is 0 Å². The first-order chi connectivity index (χ1) is 8.75. The van der Waals surface area contributed by atoms with Gasteiger partial charge in [-0.05, 0) is 24.6 Å². The molecule has 0 saturated carbocycles. The van der Waals surface area contributed by atoms with Crippen LogP contribution in [0.3, 0.4) is 0 Å².